The van der Waals surface area contributed by atoms with Crippen molar-refractivity contribution >= 4 is 21.7 Å². The number of hydrogen-bond donors (Lipinski definition) is 2. The maximum absolute atomic E-state index is 5.99. The molecule has 0 atom stereocenters. The standard InChI is InChI=1S/C11H12BrN3/c1-7-10(11(13)15(2)14-7)8-3-5-9(12)6-4-8/h3-6H,1-2H3,(H2,13,14)/p+1. The van der Waals surface area contributed by atoms with Gasteiger partial charge in [0.1, 0.15) is 7.05 Å². The van der Waals surface area contributed by atoms with Crippen LogP contribution in [0.1, 0.15) is 5.69 Å². The summed E-state index contributed by atoms with van der Waals surface area (Å²) in [7, 11) is 1.91. The minimum atomic E-state index is 0.759. The molecule has 1 aromatic heterocycles. The van der Waals surface area contributed by atoms with Crippen LogP contribution in [-0.4, -0.2) is 5.10 Å². The van der Waals surface area contributed by atoms with E-state index >= 15 is 0 Å². The molecule has 0 aliphatic rings. The summed E-state index contributed by atoms with van der Waals surface area (Å²) in [5.41, 5.74) is 9.28. The summed E-state index contributed by atoms with van der Waals surface area (Å²) in [6.07, 6.45) is 0. The summed E-state index contributed by atoms with van der Waals surface area (Å²) in [5, 5.41) is 3.17. The molecule has 0 radical (unpaired) electrons. The van der Waals surface area contributed by atoms with E-state index in [0.29, 0.717) is 0 Å². The number of aryl methyl sites for hydroxylation is 2. The zero-order valence-corrected chi connectivity index (χ0v) is 10.3. The average molecular weight is 267 g/mol. The summed E-state index contributed by atoms with van der Waals surface area (Å²) in [5.74, 6) is 0.759. The molecule has 3 N–H and O–H groups in total. The molecule has 0 bridgehead atoms. The Morgan fingerprint density at radius 2 is 1.87 bits per heavy atom. The number of aromatic nitrogens is 2. The van der Waals surface area contributed by atoms with E-state index in [9.17, 15) is 0 Å². The van der Waals surface area contributed by atoms with Gasteiger partial charge in [-0.2, -0.15) is 4.68 Å². The Bertz CT molecular complexity index is 485. The number of nitrogens with zero attached hydrogens (tertiary/aromatic N) is 1. The Morgan fingerprint density at radius 1 is 1.27 bits per heavy atom. The quantitative estimate of drug-likeness (QED) is 0.764. The van der Waals surface area contributed by atoms with Crippen molar-refractivity contribution < 1.29 is 4.68 Å². The van der Waals surface area contributed by atoms with Crippen molar-refractivity contribution in [2.24, 2.45) is 7.05 Å². The van der Waals surface area contributed by atoms with E-state index < -0.39 is 0 Å². The van der Waals surface area contributed by atoms with Gasteiger partial charge in [-0.3, -0.25) is 5.73 Å². The maximum atomic E-state index is 5.99. The number of benzene rings is 1. The number of halogens is 1. The van der Waals surface area contributed by atoms with Gasteiger partial charge in [0.05, 0.1) is 11.3 Å². The molecule has 1 heterocycles. The second-order valence-electron chi connectivity index (χ2n) is 3.56. The Labute approximate surface area is 97.0 Å². The van der Waals surface area contributed by atoms with Gasteiger partial charge >= 0.3 is 5.82 Å². The van der Waals surface area contributed by atoms with Crippen LogP contribution in [0.25, 0.3) is 11.1 Å². The van der Waals surface area contributed by atoms with Gasteiger partial charge in [-0.05, 0) is 24.6 Å². The molecule has 0 spiro atoms. The largest absolute Gasteiger partial charge is 0.300 e. The minimum Gasteiger partial charge on any atom is -0.285 e. The lowest BCUT2D eigenvalue weighted by atomic mass is 10.1. The molecule has 0 aliphatic heterocycles. The molecule has 0 amide bonds. The van der Waals surface area contributed by atoms with Crippen molar-refractivity contribution in [2.45, 2.75) is 6.92 Å². The van der Waals surface area contributed by atoms with Crippen LogP contribution in [0.3, 0.4) is 0 Å². The molecule has 0 saturated heterocycles. The van der Waals surface area contributed by atoms with Crippen LogP contribution < -0.4 is 10.4 Å². The molecule has 15 heavy (non-hydrogen) atoms. The number of aromatic amines is 1. The fourth-order valence-corrected chi connectivity index (χ4v) is 1.97. The van der Waals surface area contributed by atoms with Gasteiger partial charge in [0.15, 0.2) is 0 Å². The predicted molar refractivity (Wildman–Crippen MR) is 64.3 cm³/mol. The van der Waals surface area contributed by atoms with Crippen LogP contribution in [-0.2, 0) is 7.05 Å². The third-order valence-electron chi connectivity index (χ3n) is 2.46. The van der Waals surface area contributed by atoms with Crippen molar-refractivity contribution in [3.05, 3.63) is 34.4 Å². The predicted octanol–water partition coefficient (Wildman–Crippen LogP) is 2.16. The summed E-state index contributed by atoms with van der Waals surface area (Å²) >= 11 is 3.42. The zero-order chi connectivity index (χ0) is 11.0. The zero-order valence-electron chi connectivity index (χ0n) is 8.71. The number of anilines is 1. The molecule has 2 rings (SSSR count). The van der Waals surface area contributed by atoms with Gasteiger partial charge in [-0.1, -0.05) is 28.1 Å². The SMILES string of the molecule is Cc1[nH][n+](C)c(N)c1-c1ccc(Br)cc1. The molecule has 78 valence electrons. The number of rotatable bonds is 1. The first-order chi connectivity index (χ1) is 7.09. The number of nitrogens with two attached hydrogens (primary N) is 1. The van der Waals surface area contributed by atoms with Gasteiger partial charge in [-0.25, -0.2) is 5.10 Å². The van der Waals surface area contributed by atoms with Crippen LogP contribution >= 0.6 is 15.9 Å². The molecule has 2 aromatic rings. The van der Waals surface area contributed by atoms with Crippen molar-refractivity contribution in [3.63, 3.8) is 0 Å². The maximum Gasteiger partial charge on any atom is 0.300 e. The van der Waals surface area contributed by atoms with Crippen LogP contribution in [0.15, 0.2) is 28.7 Å². The van der Waals surface area contributed by atoms with Gasteiger partial charge < -0.3 is 0 Å². The molecular formula is C11H13BrN3+. The fraction of sp³-hybridized carbons (Fsp3) is 0.182. The highest BCUT2D eigenvalue weighted by atomic mass is 79.9. The Hall–Kier alpha value is -1.29. The molecule has 1 aromatic carbocycles. The first kappa shape index (κ1) is 10.2. The first-order valence-electron chi connectivity index (χ1n) is 4.69. The second-order valence-corrected chi connectivity index (χ2v) is 4.48. The molecular weight excluding hydrogens is 254 g/mol. The van der Waals surface area contributed by atoms with E-state index in [1.165, 1.54) is 0 Å². The topological polar surface area (TPSA) is 45.7 Å². The van der Waals surface area contributed by atoms with Crippen molar-refractivity contribution in [1.82, 2.24) is 5.10 Å². The van der Waals surface area contributed by atoms with Crippen LogP contribution in [0.5, 0.6) is 0 Å². The van der Waals surface area contributed by atoms with Gasteiger partial charge in [0.25, 0.3) is 0 Å². The van der Waals surface area contributed by atoms with Crippen LogP contribution in [0.4, 0.5) is 5.82 Å². The lowest BCUT2D eigenvalue weighted by molar-refractivity contribution is -0.713. The van der Waals surface area contributed by atoms with E-state index in [1.54, 1.807) is 0 Å². The highest BCUT2D eigenvalue weighted by Crippen LogP contribution is 2.27. The minimum absolute atomic E-state index is 0.759. The van der Waals surface area contributed by atoms with Gasteiger partial charge in [0.2, 0.25) is 0 Å². The Morgan fingerprint density at radius 3 is 2.33 bits per heavy atom. The van der Waals surface area contributed by atoms with E-state index in [-0.39, 0.29) is 0 Å². The lowest BCUT2D eigenvalue weighted by Crippen LogP contribution is -2.33. The van der Waals surface area contributed by atoms with Crippen molar-refractivity contribution in [3.8, 4) is 11.1 Å². The van der Waals surface area contributed by atoms with E-state index in [4.69, 9.17) is 5.73 Å². The van der Waals surface area contributed by atoms with E-state index in [0.717, 1.165) is 27.1 Å². The molecule has 3 nitrogen and oxygen atoms in total. The van der Waals surface area contributed by atoms with Crippen LogP contribution in [0.2, 0.25) is 0 Å². The van der Waals surface area contributed by atoms with Crippen molar-refractivity contribution in [2.75, 3.05) is 5.73 Å². The highest BCUT2D eigenvalue weighted by molar-refractivity contribution is 9.10. The lowest BCUT2D eigenvalue weighted by Gasteiger charge is -1.98. The Kier molecular flexibility index (Phi) is 2.52. The van der Waals surface area contributed by atoms with E-state index in [2.05, 4.69) is 33.2 Å². The Balaban J connectivity index is 2.58. The van der Waals surface area contributed by atoms with Crippen LogP contribution in [0, 0.1) is 6.92 Å². The molecule has 0 aliphatic carbocycles. The second kappa shape index (κ2) is 3.70. The number of hydrogen-bond acceptors (Lipinski definition) is 1. The molecule has 4 heteroatoms. The third-order valence-corrected chi connectivity index (χ3v) is 2.99. The summed E-state index contributed by atoms with van der Waals surface area (Å²) in [4.78, 5) is 0. The first-order valence-corrected chi connectivity index (χ1v) is 5.49. The van der Waals surface area contributed by atoms with Crippen molar-refractivity contribution in [1.29, 1.82) is 0 Å². The number of nitrogen functional groups attached to an aromatic ring is 1. The monoisotopic (exact) mass is 266 g/mol. The molecule has 0 saturated carbocycles. The third kappa shape index (κ3) is 1.77. The number of H-pyrrole nitrogens is 1. The summed E-state index contributed by atoms with van der Waals surface area (Å²) < 4.78 is 2.90. The summed E-state index contributed by atoms with van der Waals surface area (Å²) in [6, 6.07) is 8.13. The fourth-order valence-electron chi connectivity index (χ4n) is 1.71. The van der Waals surface area contributed by atoms with Gasteiger partial charge in [-0.15, -0.1) is 0 Å². The number of nitrogens with one attached hydrogen (secondary N) is 1. The summed E-state index contributed by atoms with van der Waals surface area (Å²) in [6.45, 7) is 2.02. The van der Waals surface area contributed by atoms with Gasteiger partial charge in [0, 0.05) is 4.47 Å². The average Bonchev–Trinajstić information content (AvgIpc) is 2.44. The highest BCUT2D eigenvalue weighted by Gasteiger charge is 2.16. The van der Waals surface area contributed by atoms with E-state index in [1.807, 2.05) is 30.8 Å². The molecule has 0 fully saturated rings. The normalized spacial score (nSPS) is 10.6. The molecule has 0 unspecified atom stereocenters. The smallest absolute Gasteiger partial charge is 0.285 e.